The average Bonchev–Trinajstić information content (AvgIpc) is 3.59. The molecule has 3 aromatic heterocycles. The molecule has 0 spiro atoms. The first-order valence-electron chi connectivity index (χ1n) is 11.8. The van der Waals surface area contributed by atoms with Gasteiger partial charge in [-0.2, -0.15) is 5.10 Å². The number of nitrogens with zero attached hydrogens (tertiary/aromatic N) is 4. The first-order valence-corrected chi connectivity index (χ1v) is 11.8. The third-order valence-electron chi connectivity index (χ3n) is 7.07. The Morgan fingerprint density at radius 2 is 1.89 bits per heavy atom. The number of likely N-dealkylation sites (tertiary alicyclic amines) is 1. The molecule has 0 bridgehead atoms. The van der Waals surface area contributed by atoms with Gasteiger partial charge in [0.15, 0.2) is 5.82 Å². The van der Waals surface area contributed by atoms with Crippen LogP contribution < -0.4 is 5.73 Å². The summed E-state index contributed by atoms with van der Waals surface area (Å²) in [7, 11) is 2.15. The molecule has 1 aliphatic heterocycles. The van der Waals surface area contributed by atoms with Crippen LogP contribution in [0.4, 0.5) is 14.6 Å². The summed E-state index contributed by atoms with van der Waals surface area (Å²) in [5.74, 6) is 0.0266. The van der Waals surface area contributed by atoms with Crippen LogP contribution in [0.3, 0.4) is 0 Å². The molecule has 2 aromatic carbocycles. The van der Waals surface area contributed by atoms with E-state index < -0.39 is 12.2 Å². The number of hydrogen-bond donors (Lipinski definition) is 3. The Morgan fingerprint density at radius 1 is 1.08 bits per heavy atom. The van der Waals surface area contributed by atoms with Gasteiger partial charge < -0.3 is 20.6 Å². The monoisotopic (exact) mass is 489 g/mol. The first kappa shape index (κ1) is 22.4. The number of nitrogens with two attached hydrogens (primary N) is 1. The van der Waals surface area contributed by atoms with Gasteiger partial charge in [-0.1, -0.05) is 6.07 Å². The quantitative estimate of drug-likeness (QED) is 0.308. The van der Waals surface area contributed by atoms with E-state index in [9.17, 15) is 13.6 Å². The van der Waals surface area contributed by atoms with Crippen LogP contribution in [0.25, 0.3) is 27.6 Å². The number of nitrogen functional groups attached to an aromatic ring is 1. The number of halogens is 2. The minimum absolute atomic E-state index is 0.165. The Balaban J connectivity index is 1.28. The van der Waals surface area contributed by atoms with Crippen molar-refractivity contribution in [1.29, 1.82) is 0 Å². The van der Waals surface area contributed by atoms with Gasteiger partial charge in [0.2, 0.25) is 5.78 Å². The molecule has 0 amide bonds. The number of aromatic nitrogens is 5. The maximum atomic E-state index is 13.3. The van der Waals surface area contributed by atoms with Crippen LogP contribution in [0.2, 0.25) is 0 Å². The standard InChI is InChI=1S/C26H25F2N7O/c1-34-8-6-14(7-9-34)15-2-4-19-16(10-15)11-22(31-19)23(36)18-13-30-35(25(18)29)17-3-5-20-21(12-17)33-26(32-20)24(27)28/h2-5,10-14,24,31H,6-9,29H2,1H3,(H,32,33). The Bertz CT molecular complexity index is 1590. The highest BCUT2D eigenvalue weighted by Crippen LogP contribution is 2.31. The van der Waals surface area contributed by atoms with Crippen LogP contribution >= 0.6 is 0 Å². The second-order valence-electron chi connectivity index (χ2n) is 9.42. The lowest BCUT2D eigenvalue weighted by molar-refractivity contribution is 0.103. The molecule has 0 unspecified atom stereocenters. The Hall–Kier alpha value is -4.05. The van der Waals surface area contributed by atoms with Crippen molar-refractivity contribution in [3.63, 3.8) is 0 Å². The predicted octanol–water partition coefficient (Wildman–Crippen LogP) is 4.79. The van der Waals surface area contributed by atoms with E-state index in [-0.39, 0.29) is 17.2 Å². The number of H-pyrrole nitrogens is 2. The number of imidazole rings is 1. The molecule has 1 aliphatic rings. The van der Waals surface area contributed by atoms with Crippen LogP contribution in [0.15, 0.2) is 48.7 Å². The highest BCUT2D eigenvalue weighted by atomic mass is 19.3. The number of carbonyl (C=O) groups excluding carboxylic acids is 1. The molecular formula is C26H25F2N7O. The van der Waals surface area contributed by atoms with Gasteiger partial charge in [0.05, 0.1) is 34.2 Å². The summed E-state index contributed by atoms with van der Waals surface area (Å²) in [6, 6.07) is 13.1. The van der Waals surface area contributed by atoms with E-state index in [4.69, 9.17) is 5.73 Å². The van der Waals surface area contributed by atoms with Crippen LogP contribution in [0, 0.1) is 0 Å². The number of fused-ring (bicyclic) bond motifs is 2. The van der Waals surface area contributed by atoms with E-state index in [1.54, 1.807) is 18.2 Å². The fourth-order valence-corrected chi connectivity index (χ4v) is 5.01. The molecule has 184 valence electrons. The number of piperidine rings is 1. The summed E-state index contributed by atoms with van der Waals surface area (Å²) in [5, 5.41) is 5.27. The van der Waals surface area contributed by atoms with Gasteiger partial charge in [0.1, 0.15) is 5.82 Å². The average molecular weight is 490 g/mol. The Morgan fingerprint density at radius 3 is 2.67 bits per heavy atom. The number of anilines is 1. The van der Waals surface area contributed by atoms with Crippen molar-refractivity contribution in [2.45, 2.75) is 25.2 Å². The van der Waals surface area contributed by atoms with Crippen LogP contribution in [-0.2, 0) is 0 Å². The molecule has 0 radical (unpaired) electrons. The molecule has 8 nitrogen and oxygen atoms in total. The van der Waals surface area contributed by atoms with E-state index >= 15 is 0 Å². The van der Waals surface area contributed by atoms with Crippen molar-refractivity contribution in [2.75, 3.05) is 25.9 Å². The number of ketones is 1. The Labute approximate surface area is 205 Å². The topological polar surface area (TPSA) is 109 Å². The van der Waals surface area contributed by atoms with Gasteiger partial charge in [-0.3, -0.25) is 4.79 Å². The maximum absolute atomic E-state index is 13.3. The number of carbonyl (C=O) groups is 1. The van der Waals surface area contributed by atoms with Gasteiger partial charge in [-0.15, -0.1) is 0 Å². The van der Waals surface area contributed by atoms with Gasteiger partial charge >= 0.3 is 0 Å². The summed E-state index contributed by atoms with van der Waals surface area (Å²) in [5.41, 5.74) is 10.6. The second-order valence-corrected chi connectivity index (χ2v) is 9.42. The van der Waals surface area contributed by atoms with E-state index in [1.165, 1.54) is 16.4 Å². The third kappa shape index (κ3) is 3.83. The highest BCUT2D eigenvalue weighted by molar-refractivity contribution is 6.12. The highest BCUT2D eigenvalue weighted by Gasteiger charge is 2.22. The normalized spacial score (nSPS) is 15.4. The fourth-order valence-electron chi connectivity index (χ4n) is 5.01. The minimum atomic E-state index is -2.70. The third-order valence-corrected chi connectivity index (χ3v) is 7.07. The lowest BCUT2D eigenvalue weighted by Gasteiger charge is -2.29. The second kappa shape index (κ2) is 8.56. The van der Waals surface area contributed by atoms with Crippen molar-refractivity contribution < 1.29 is 13.6 Å². The number of rotatable bonds is 5. The number of hydrogen-bond acceptors (Lipinski definition) is 5. The van der Waals surface area contributed by atoms with Gasteiger partial charge in [-0.05, 0) is 80.9 Å². The van der Waals surface area contributed by atoms with Crippen LogP contribution in [0.5, 0.6) is 0 Å². The zero-order valence-electron chi connectivity index (χ0n) is 19.6. The summed E-state index contributed by atoms with van der Waals surface area (Å²) < 4.78 is 27.4. The van der Waals surface area contributed by atoms with Crippen molar-refractivity contribution >= 4 is 33.5 Å². The molecule has 10 heteroatoms. The molecule has 4 heterocycles. The van der Waals surface area contributed by atoms with Crippen LogP contribution in [-0.4, -0.2) is 55.6 Å². The Kier molecular flexibility index (Phi) is 5.33. The molecule has 0 aliphatic carbocycles. The number of aromatic amines is 2. The van der Waals surface area contributed by atoms with Crippen molar-refractivity contribution in [2.24, 2.45) is 0 Å². The number of alkyl halides is 2. The van der Waals surface area contributed by atoms with E-state index in [0.717, 1.165) is 36.8 Å². The number of benzene rings is 2. The zero-order valence-corrected chi connectivity index (χ0v) is 19.6. The summed E-state index contributed by atoms with van der Waals surface area (Å²) in [4.78, 5) is 25.4. The molecule has 5 aromatic rings. The molecule has 4 N–H and O–H groups in total. The molecule has 1 fully saturated rings. The molecule has 6 rings (SSSR count). The zero-order chi connectivity index (χ0) is 25.0. The largest absolute Gasteiger partial charge is 0.383 e. The van der Waals surface area contributed by atoms with Gasteiger partial charge in [-0.25, -0.2) is 18.4 Å². The molecule has 0 atom stereocenters. The summed E-state index contributed by atoms with van der Waals surface area (Å²) >= 11 is 0. The van der Waals surface area contributed by atoms with Crippen molar-refractivity contribution in [3.05, 3.63) is 71.3 Å². The van der Waals surface area contributed by atoms with Gasteiger partial charge in [0, 0.05) is 10.9 Å². The van der Waals surface area contributed by atoms with Gasteiger partial charge in [0.25, 0.3) is 6.43 Å². The summed E-state index contributed by atoms with van der Waals surface area (Å²) in [6.07, 6.45) is 0.981. The lowest BCUT2D eigenvalue weighted by atomic mass is 9.89. The smallest absolute Gasteiger partial charge is 0.295 e. The first-order chi connectivity index (χ1) is 17.4. The lowest BCUT2D eigenvalue weighted by Crippen LogP contribution is -2.29. The SMILES string of the molecule is CN1CCC(c2ccc3[nH]c(C(=O)c4cnn(-c5ccc6nc(C(F)F)[nH]c6c5)c4N)cc3c2)CC1. The molecular weight excluding hydrogens is 464 g/mol. The van der Waals surface area contributed by atoms with E-state index in [2.05, 4.69) is 44.1 Å². The summed E-state index contributed by atoms with van der Waals surface area (Å²) in [6.45, 7) is 2.17. The molecule has 36 heavy (non-hydrogen) atoms. The maximum Gasteiger partial charge on any atom is 0.295 e. The van der Waals surface area contributed by atoms with E-state index in [0.29, 0.717) is 28.3 Å². The molecule has 1 saturated heterocycles. The van der Waals surface area contributed by atoms with Crippen molar-refractivity contribution in [3.8, 4) is 5.69 Å². The number of nitrogens with one attached hydrogen (secondary N) is 2. The van der Waals surface area contributed by atoms with Crippen LogP contribution in [0.1, 0.15) is 52.6 Å². The molecule has 0 saturated carbocycles. The minimum Gasteiger partial charge on any atom is -0.383 e. The van der Waals surface area contributed by atoms with E-state index in [1.807, 2.05) is 12.1 Å². The predicted molar refractivity (Wildman–Crippen MR) is 134 cm³/mol. The van der Waals surface area contributed by atoms with Crippen molar-refractivity contribution in [1.82, 2.24) is 29.6 Å². The fraction of sp³-hybridized carbons (Fsp3) is 0.269.